The van der Waals surface area contributed by atoms with E-state index >= 15 is 0 Å². The van der Waals surface area contributed by atoms with E-state index in [1.54, 1.807) is 6.20 Å². The normalized spacial score (nSPS) is 10.0. The summed E-state index contributed by atoms with van der Waals surface area (Å²) in [7, 11) is 0. The maximum absolute atomic E-state index is 11.3. The van der Waals surface area contributed by atoms with Crippen molar-refractivity contribution in [1.82, 2.24) is 9.97 Å². The van der Waals surface area contributed by atoms with Crippen LogP contribution < -0.4 is 0 Å². The molecule has 5 heteroatoms. The number of aromatic nitrogens is 2. The monoisotopic (exact) mass is 559 g/mol. The van der Waals surface area contributed by atoms with Gasteiger partial charge in [-0.15, -0.1) is 0 Å². The van der Waals surface area contributed by atoms with E-state index in [1.165, 1.54) is 0 Å². The molecule has 27 heavy (non-hydrogen) atoms. The zero-order chi connectivity index (χ0) is 18.4. The molecule has 0 spiro atoms. The molecule has 3 nitrogen and oxygen atoms in total. The number of nitrogens with zero attached hydrogens (tertiary/aromatic N) is 2. The van der Waals surface area contributed by atoms with Gasteiger partial charge in [-0.3, -0.25) is 14.8 Å². The molecule has 1 radical (unpaired) electrons. The summed E-state index contributed by atoms with van der Waals surface area (Å²) in [5.41, 5.74) is 2.83. The molecule has 0 unspecified atom stereocenters. The zero-order valence-corrected chi connectivity index (χ0v) is 18.9. The van der Waals surface area contributed by atoms with Gasteiger partial charge in [0.05, 0.1) is 11.0 Å². The number of hydrogen-bond donors (Lipinski definition) is 0. The molecule has 4 rings (SSSR count). The Labute approximate surface area is 208 Å². The average molecular weight is 559 g/mol. The van der Waals surface area contributed by atoms with E-state index < -0.39 is 0 Å². The first-order chi connectivity index (χ1) is 12.7. The Hall–Kier alpha value is -1.01. The molecule has 137 valence electrons. The molecule has 2 heterocycles. The molecule has 0 N–H and O–H groups in total. The van der Waals surface area contributed by atoms with Crippen LogP contribution in [-0.2, 0) is 0 Å². The van der Waals surface area contributed by atoms with Crippen LogP contribution >= 0.6 is 15.9 Å². The molecule has 2 aromatic carbocycles. The topological polar surface area (TPSA) is 42.9 Å². The van der Waals surface area contributed by atoms with Gasteiger partial charge in [0.15, 0.2) is 5.78 Å². The van der Waals surface area contributed by atoms with Crippen molar-refractivity contribution in [3.8, 4) is 0 Å². The fourth-order valence-electron chi connectivity index (χ4n) is 2.70. The van der Waals surface area contributed by atoms with Crippen LogP contribution in [0.4, 0.5) is 0 Å². The van der Waals surface area contributed by atoms with Gasteiger partial charge < -0.3 is 0 Å². The number of pyridine rings is 2. The minimum atomic E-state index is 0. The predicted molar refractivity (Wildman–Crippen MR) is 110 cm³/mol. The van der Waals surface area contributed by atoms with E-state index in [-0.39, 0.29) is 55.2 Å². The van der Waals surface area contributed by atoms with Gasteiger partial charge in [-0.1, -0.05) is 47.1 Å². The van der Waals surface area contributed by atoms with Gasteiger partial charge in [0.25, 0.3) is 0 Å². The van der Waals surface area contributed by atoms with Crippen molar-refractivity contribution < 1.29 is 54.2 Å². The minimum Gasteiger partial charge on any atom is -0.294 e. The summed E-state index contributed by atoms with van der Waals surface area (Å²) in [6.07, 6.45) is 5.17. The van der Waals surface area contributed by atoms with Gasteiger partial charge in [-0.05, 0) is 42.8 Å². The molecular formula is C22H19BrEuN2O. The van der Waals surface area contributed by atoms with Crippen molar-refractivity contribution in [3.63, 3.8) is 0 Å². The van der Waals surface area contributed by atoms with Gasteiger partial charge >= 0.3 is 0 Å². The summed E-state index contributed by atoms with van der Waals surface area (Å²) in [6, 6.07) is 19.6. The quantitative estimate of drug-likeness (QED) is 0.221. The summed E-state index contributed by atoms with van der Waals surface area (Å²) >= 11 is 3.32. The Kier molecular flexibility index (Phi) is 9.17. The average Bonchev–Trinajstić information content (AvgIpc) is 2.69. The van der Waals surface area contributed by atoms with E-state index in [0.29, 0.717) is 6.42 Å². The third-order valence-electron chi connectivity index (χ3n) is 4.00. The molecule has 2 aromatic heterocycles. The molecule has 0 aliphatic heterocycles. The number of fused-ring (bicyclic) bond motifs is 3. The smallest absolute Gasteiger partial charge is 0.162 e. The second-order valence-corrected chi connectivity index (χ2v) is 6.81. The third kappa shape index (κ3) is 5.98. The fraction of sp³-hybridized carbons (Fsp3) is 0.136. The minimum absolute atomic E-state index is 0. The zero-order valence-electron chi connectivity index (χ0n) is 14.9. The Morgan fingerprint density at radius 3 is 2.37 bits per heavy atom. The molecule has 0 fully saturated rings. The fourth-order valence-corrected chi connectivity index (χ4v) is 2.97. The molecule has 0 aliphatic carbocycles. The Morgan fingerprint density at radius 1 is 0.926 bits per heavy atom. The molecule has 0 saturated carbocycles. The van der Waals surface area contributed by atoms with Crippen LogP contribution in [0.1, 0.15) is 30.1 Å². The first-order valence-electron chi connectivity index (χ1n) is 8.56. The van der Waals surface area contributed by atoms with Crippen LogP contribution in [0.25, 0.3) is 21.8 Å². The molecule has 0 bridgehead atoms. The van der Waals surface area contributed by atoms with Gasteiger partial charge in [0.2, 0.25) is 0 Å². The van der Waals surface area contributed by atoms with Crippen molar-refractivity contribution in [1.29, 1.82) is 0 Å². The van der Waals surface area contributed by atoms with Crippen LogP contribution in [0.15, 0.2) is 77.5 Å². The number of rotatable bonds is 3. The number of halogens is 1. The van der Waals surface area contributed by atoms with Crippen LogP contribution in [0.5, 0.6) is 0 Å². The van der Waals surface area contributed by atoms with Crippen LogP contribution in [0, 0.1) is 49.4 Å². The van der Waals surface area contributed by atoms with E-state index in [1.807, 2.05) is 55.6 Å². The standard InChI is InChI=1S/C12H8N2.C10H11BrO.Eu/c1-3-9-5-6-11-10(4-2-7-13-11)12(9)14-8-1;1-2-3-10(12)8-4-6-9(11)7-5-8;/h1-8H;4-7H,2-3H2,1H3;. The first kappa shape index (κ1) is 22.3. The van der Waals surface area contributed by atoms with Crippen molar-refractivity contribution >= 4 is 43.5 Å². The van der Waals surface area contributed by atoms with Gasteiger partial charge in [-0.25, -0.2) is 0 Å². The number of hydrogen-bond acceptors (Lipinski definition) is 3. The second-order valence-electron chi connectivity index (χ2n) is 5.89. The Balaban J connectivity index is 0.000000190. The van der Waals surface area contributed by atoms with E-state index in [4.69, 9.17) is 0 Å². The van der Waals surface area contributed by atoms with Crippen LogP contribution in [0.2, 0.25) is 0 Å². The first-order valence-corrected chi connectivity index (χ1v) is 9.35. The van der Waals surface area contributed by atoms with E-state index in [9.17, 15) is 4.79 Å². The number of benzene rings is 2. The number of Topliss-reactive ketones (excluding diaryl/α,β-unsaturated/α-hetero) is 1. The van der Waals surface area contributed by atoms with Gasteiger partial charge in [0, 0.05) is 89.0 Å². The van der Waals surface area contributed by atoms with Crippen LogP contribution in [-0.4, -0.2) is 15.8 Å². The van der Waals surface area contributed by atoms with Gasteiger partial charge in [-0.2, -0.15) is 0 Å². The summed E-state index contributed by atoms with van der Waals surface area (Å²) < 4.78 is 1.01. The van der Waals surface area contributed by atoms with Crippen molar-refractivity contribution in [2.24, 2.45) is 0 Å². The van der Waals surface area contributed by atoms with E-state index in [0.717, 1.165) is 38.3 Å². The molecular weight excluding hydrogens is 540 g/mol. The summed E-state index contributed by atoms with van der Waals surface area (Å²) in [5, 5.41) is 2.28. The Bertz CT molecular complexity index is 980. The maximum Gasteiger partial charge on any atom is 0.162 e. The SMILES string of the molecule is CCCC(=O)c1ccc(Br)cc1.[Eu].c1cnc2c(c1)ccc1ncccc12. The summed E-state index contributed by atoms with van der Waals surface area (Å²) in [4.78, 5) is 20.0. The summed E-state index contributed by atoms with van der Waals surface area (Å²) in [6.45, 7) is 2.01. The molecule has 0 atom stereocenters. The maximum atomic E-state index is 11.3. The van der Waals surface area contributed by atoms with Crippen molar-refractivity contribution in [2.75, 3.05) is 0 Å². The van der Waals surface area contributed by atoms with Crippen molar-refractivity contribution in [2.45, 2.75) is 19.8 Å². The van der Waals surface area contributed by atoms with Gasteiger partial charge in [0.1, 0.15) is 0 Å². The van der Waals surface area contributed by atoms with Crippen molar-refractivity contribution in [3.05, 3.63) is 83.1 Å². The van der Waals surface area contributed by atoms with Crippen LogP contribution in [0.3, 0.4) is 0 Å². The summed E-state index contributed by atoms with van der Waals surface area (Å²) in [5.74, 6) is 0.227. The number of carbonyl (C=O) groups is 1. The number of carbonyl (C=O) groups excluding carboxylic acids is 1. The molecule has 4 aromatic rings. The molecule has 0 amide bonds. The third-order valence-corrected chi connectivity index (χ3v) is 4.53. The Morgan fingerprint density at radius 2 is 1.63 bits per heavy atom. The molecule has 0 saturated heterocycles. The largest absolute Gasteiger partial charge is 0.294 e. The van der Waals surface area contributed by atoms with E-state index in [2.05, 4.69) is 44.1 Å². The molecule has 0 aliphatic rings. The number of ketones is 1. The second kappa shape index (κ2) is 11.1. The predicted octanol–water partition coefficient (Wildman–Crippen LogP) is 6.21.